The van der Waals surface area contributed by atoms with E-state index < -0.39 is 12.2 Å². The lowest BCUT2D eigenvalue weighted by Crippen LogP contribution is -2.31. The Labute approximate surface area is 201 Å². The van der Waals surface area contributed by atoms with E-state index in [-0.39, 0.29) is 33.2 Å². The van der Waals surface area contributed by atoms with Gasteiger partial charge in [0.1, 0.15) is 11.8 Å². The van der Waals surface area contributed by atoms with Gasteiger partial charge in [0.05, 0.1) is 27.3 Å². The molecule has 0 saturated heterocycles. The van der Waals surface area contributed by atoms with Crippen molar-refractivity contribution in [2.75, 3.05) is 5.32 Å². The molecule has 0 amide bonds. The number of pyridine rings is 3. The summed E-state index contributed by atoms with van der Waals surface area (Å²) in [7, 11) is 0. The molecule has 176 valence electrons. The van der Waals surface area contributed by atoms with Crippen molar-refractivity contribution in [3.63, 3.8) is 0 Å². The Morgan fingerprint density at radius 3 is 2.63 bits per heavy atom. The number of nitrogens with one attached hydrogen (secondary N) is 1. The van der Waals surface area contributed by atoms with E-state index in [9.17, 15) is 18.4 Å². The van der Waals surface area contributed by atoms with Crippen LogP contribution >= 0.6 is 11.6 Å². The van der Waals surface area contributed by atoms with Crippen LogP contribution in [0.3, 0.4) is 0 Å². The number of alkyl halides is 3. The van der Waals surface area contributed by atoms with Crippen LogP contribution in [0.5, 0.6) is 0 Å². The number of benzene rings is 1. The van der Waals surface area contributed by atoms with Gasteiger partial charge in [-0.2, -0.15) is 17.9 Å². The second-order valence-corrected chi connectivity index (χ2v) is 8.24. The van der Waals surface area contributed by atoms with Crippen molar-refractivity contribution in [1.82, 2.24) is 19.9 Å². The van der Waals surface area contributed by atoms with E-state index in [2.05, 4.69) is 25.3 Å². The summed E-state index contributed by atoms with van der Waals surface area (Å²) in [6.45, 7) is 1.59. The van der Waals surface area contributed by atoms with E-state index in [4.69, 9.17) is 11.6 Å². The molecule has 35 heavy (non-hydrogen) atoms. The fourth-order valence-electron chi connectivity index (χ4n) is 3.80. The smallest absolute Gasteiger partial charge is 0.412 e. The molecule has 0 spiro atoms. The van der Waals surface area contributed by atoms with Gasteiger partial charge in [-0.3, -0.25) is 4.98 Å². The number of para-hydroxylation sites is 1. The molecule has 5 rings (SSSR count). The summed E-state index contributed by atoms with van der Waals surface area (Å²) in [5.74, 6) is -0.0853. The van der Waals surface area contributed by atoms with Gasteiger partial charge in [-0.05, 0) is 30.3 Å². The number of rotatable bonds is 4. The molecular formula is C24H16ClF3N6O. The molecule has 4 aromatic heterocycles. The first-order valence-electron chi connectivity index (χ1n) is 10.4. The number of halogens is 4. The van der Waals surface area contributed by atoms with E-state index >= 15 is 0 Å². The van der Waals surface area contributed by atoms with Gasteiger partial charge in [-0.15, -0.1) is 0 Å². The Morgan fingerprint density at radius 1 is 1.03 bits per heavy atom. The predicted molar refractivity (Wildman–Crippen MR) is 126 cm³/mol. The summed E-state index contributed by atoms with van der Waals surface area (Å²) in [5, 5.41) is 15.5. The molecule has 1 aromatic carbocycles. The average molecular weight is 497 g/mol. The summed E-state index contributed by atoms with van der Waals surface area (Å²) in [4.78, 5) is 16.7. The number of aromatic nitrogens is 5. The Kier molecular flexibility index (Phi) is 5.60. The van der Waals surface area contributed by atoms with E-state index in [1.807, 2.05) is 0 Å². The van der Waals surface area contributed by atoms with Crippen molar-refractivity contribution < 1.29 is 17.9 Å². The molecule has 0 aliphatic heterocycles. The maximum Gasteiger partial charge on any atom is 0.412 e. The highest BCUT2D eigenvalue weighted by Crippen LogP contribution is 2.41. The molecule has 0 aliphatic rings. The van der Waals surface area contributed by atoms with E-state index in [0.717, 1.165) is 0 Å². The molecule has 0 unspecified atom stereocenters. The minimum atomic E-state index is -4.76. The zero-order chi connectivity index (χ0) is 24.7. The zero-order valence-electron chi connectivity index (χ0n) is 18.1. The van der Waals surface area contributed by atoms with Crippen LogP contribution < -0.4 is 10.0 Å². The molecule has 1 atom stereocenters. The quantitative estimate of drug-likeness (QED) is 0.259. The monoisotopic (exact) mass is 496 g/mol. The summed E-state index contributed by atoms with van der Waals surface area (Å²) in [6.07, 6.45) is -0.949. The van der Waals surface area contributed by atoms with Gasteiger partial charge in [-0.1, -0.05) is 23.7 Å². The Hall–Kier alpha value is -4.05. The summed E-state index contributed by atoms with van der Waals surface area (Å²) >= 11 is 6.30. The van der Waals surface area contributed by atoms with Crippen molar-refractivity contribution in [1.29, 1.82) is 0 Å². The summed E-state index contributed by atoms with van der Waals surface area (Å²) < 4.78 is 44.3. The Balaban J connectivity index is 1.76. The first-order chi connectivity index (χ1) is 16.7. The van der Waals surface area contributed by atoms with Crippen LogP contribution in [0.1, 0.15) is 17.3 Å². The molecule has 1 N–H and O–H groups in total. The largest absolute Gasteiger partial charge is 0.618 e. The molecule has 0 radical (unpaired) electrons. The van der Waals surface area contributed by atoms with Crippen LogP contribution in [0.4, 0.5) is 19.0 Å². The first kappa shape index (κ1) is 22.7. The molecule has 0 saturated carbocycles. The summed E-state index contributed by atoms with van der Waals surface area (Å²) in [6, 6.07) is 10.3. The Bertz CT molecular complexity index is 1570. The molecule has 4 heterocycles. The molecule has 0 aliphatic carbocycles. The third-order valence-corrected chi connectivity index (χ3v) is 5.83. The highest BCUT2D eigenvalue weighted by Gasteiger charge is 2.43. The molecule has 7 nitrogen and oxygen atoms in total. The van der Waals surface area contributed by atoms with Crippen LogP contribution in [-0.4, -0.2) is 26.1 Å². The van der Waals surface area contributed by atoms with Crippen LogP contribution in [0.15, 0.2) is 67.3 Å². The maximum atomic E-state index is 14.6. The van der Waals surface area contributed by atoms with Crippen molar-refractivity contribution >= 4 is 39.4 Å². The number of hydrogen-bond acceptors (Lipinski definition) is 6. The number of nitrogens with zero attached hydrogens (tertiary/aromatic N) is 5. The second kappa shape index (κ2) is 8.62. The maximum absolute atomic E-state index is 14.6. The molecular weight excluding hydrogens is 481 g/mol. The number of anilines is 1. The lowest BCUT2D eigenvalue weighted by molar-refractivity contribution is -0.611. The van der Waals surface area contributed by atoms with Gasteiger partial charge in [0.25, 0.3) is 0 Å². The molecule has 5 aromatic rings. The SMILES string of the molecule is Cc1ccc(-c2nc3c(Cl)cccc3cc2[C@@H](Nc2ncnc3cccnc23)C(F)(F)F)c[n+]1[O-]. The van der Waals surface area contributed by atoms with Crippen molar-refractivity contribution in [3.8, 4) is 11.3 Å². The fourth-order valence-corrected chi connectivity index (χ4v) is 4.02. The third kappa shape index (κ3) is 4.28. The summed E-state index contributed by atoms with van der Waals surface area (Å²) in [5.41, 5.74) is 1.27. The van der Waals surface area contributed by atoms with Gasteiger partial charge < -0.3 is 10.5 Å². The van der Waals surface area contributed by atoms with Gasteiger partial charge in [0, 0.05) is 30.1 Å². The number of hydrogen-bond donors (Lipinski definition) is 1. The number of aryl methyl sites for hydroxylation is 1. The highest BCUT2D eigenvalue weighted by molar-refractivity contribution is 6.35. The lowest BCUT2D eigenvalue weighted by atomic mass is 9.97. The normalized spacial score (nSPS) is 12.7. The highest BCUT2D eigenvalue weighted by atomic mass is 35.5. The van der Waals surface area contributed by atoms with Crippen molar-refractivity contribution in [3.05, 3.63) is 88.7 Å². The van der Waals surface area contributed by atoms with Gasteiger partial charge in [0.2, 0.25) is 0 Å². The van der Waals surface area contributed by atoms with Crippen LogP contribution in [0.25, 0.3) is 33.2 Å². The van der Waals surface area contributed by atoms with E-state index in [1.165, 1.54) is 30.9 Å². The molecule has 0 bridgehead atoms. The standard InChI is InChI=1S/C24H16ClF3N6O/c1-13-7-8-15(11-34(13)35)19-16(10-14-4-2-5-17(25)20(14)32-19)22(24(26,27)28)33-23-21-18(30-12-31-23)6-3-9-29-21/h2-12,22H,1H3,(H,30,31,33)/t22-/m1/s1. The lowest BCUT2D eigenvalue weighted by Gasteiger charge is -2.25. The molecule has 0 fully saturated rings. The van der Waals surface area contributed by atoms with Crippen LogP contribution in [-0.2, 0) is 0 Å². The fraction of sp³-hybridized carbons (Fsp3) is 0.125. The number of fused-ring (bicyclic) bond motifs is 2. The van der Waals surface area contributed by atoms with E-state index in [1.54, 1.807) is 43.3 Å². The predicted octanol–water partition coefficient (Wildman–Crippen LogP) is 5.55. The van der Waals surface area contributed by atoms with Gasteiger partial charge in [0.15, 0.2) is 23.8 Å². The second-order valence-electron chi connectivity index (χ2n) is 7.84. The van der Waals surface area contributed by atoms with E-state index in [0.29, 0.717) is 26.8 Å². The molecule has 11 heteroatoms. The van der Waals surface area contributed by atoms with Crippen molar-refractivity contribution in [2.45, 2.75) is 19.1 Å². The third-order valence-electron chi connectivity index (χ3n) is 5.52. The van der Waals surface area contributed by atoms with Crippen LogP contribution in [0, 0.1) is 12.1 Å². The topological polar surface area (TPSA) is 90.5 Å². The average Bonchev–Trinajstić information content (AvgIpc) is 2.83. The Morgan fingerprint density at radius 2 is 1.86 bits per heavy atom. The van der Waals surface area contributed by atoms with Gasteiger partial charge >= 0.3 is 6.18 Å². The van der Waals surface area contributed by atoms with Crippen molar-refractivity contribution in [2.24, 2.45) is 0 Å². The minimum Gasteiger partial charge on any atom is -0.618 e. The first-order valence-corrected chi connectivity index (χ1v) is 10.8. The zero-order valence-corrected chi connectivity index (χ0v) is 18.8. The van der Waals surface area contributed by atoms with Crippen LogP contribution in [0.2, 0.25) is 5.02 Å². The minimum absolute atomic E-state index is 0.0312. The van der Waals surface area contributed by atoms with Gasteiger partial charge in [-0.25, -0.2) is 15.0 Å².